The first-order valence-corrected chi connectivity index (χ1v) is 8.52. The minimum atomic E-state index is -0.511. The molecule has 140 valence electrons. The number of esters is 1. The van der Waals surface area contributed by atoms with Crippen molar-refractivity contribution in [1.82, 2.24) is 9.78 Å². The molecule has 1 aromatic carbocycles. The molecule has 7 heteroatoms. The molecule has 1 aromatic heterocycles. The second-order valence-electron chi connectivity index (χ2n) is 7.06. The van der Waals surface area contributed by atoms with Gasteiger partial charge in [0.25, 0.3) is 0 Å². The Bertz CT molecular complexity index is 801. The maximum atomic E-state index is 12.3. The summed E-state index contributed by atoms with van der Waals surface area (Å²) in [7, 11) is 1.66. The van der Waals surface area contributed by atoms with Gasteiger partial charge in [0.1, 0.15) is 11.4 Å². The van der Waals surface area contributed by atoms with Crippen LogP contribution in [0.4, 0.5) is 16.3 Å². The van der Waals surface area contributed by atoms with Gasteiger partial charge in [-0.25, -0.2) is 9.59 Å². The van der Waals surface area contributed by atoms with E-state index in [1.165, 1.54) is 10.2 Å². The predicted molar refractivity (Wildman–Crippen MR) is 102 cm³/mol. The highest BCUT2D eigenvalue weighted by Crippen LogP contribution is 2.24. The van der Waals surface area contributed by atoms with Crippen molar-refractivity contribution >= 4 is 23.5 Å². The number of rotatable bonds is 4. The average molecular weight is 358 g/mol. The van der Waals surface area contributed by atoms with Crippen molar-refractivity contribution in [3.8, 4) is 0 Å². The summed E-state index contributed by atoms with van der Waals surface area (Å²) in [6, 6.07) is 7.20. The topological polar surface area (TPSA) is 85.2 Å². The van der Waals surface area contributed by atoms with Crippen molar-refractivity contribution in [3.05, 3.63) is 41.1 Å². The van der Waals surface area contributed by atoms with Gasteiger partial charge in [-0.05, 0) is 37.0 Å². The number of hydrogen-bond donors (Lipinski definition) is 2. The normalized spacial score (nSPS) is 11.2. The van der Waals surface area contributed by atoms with E-state index in [0.29, 0.717) is 17.2 Å². The summed E-state index contributed by atoms with van der Waals surface area (Å²) < 4.78 is 6.49. The van der Waals surface area contributed by atoms with E-state index >= 15 is 0 Å². The molecular formula is C19H26N4O3. The number of carbonyl (C=O) groups is 2. The molecule has 2 aromatic rings. The lowest BCUT2D eigenvalue weighted by Gasteiger charge is -2.19. The van der Waals surface area contributed by atoms with Gasteiger partial charge in [0.15, 0.2) is 0 Å². The minimum absolute atomic E-state index is 0.0432. The van der Waals surface area contributed by atoms with Gasteiger partial charge in [-0.15, -0.1) is 0 Å². The van der Waals surface area contributed by atoms with Gasteiger partial charge in [0.2, 0.25) is 0 Å². The number of amides is 2. The van der Waals surface area contributed by atoms with Crippen LogP contribution in [0.3, 0.4) is 0 Å². The fourth-order valence-electron chi connectivity index (χ4n) is 2.57. The molecule has 26 heavy (non-hydrogen) atoms. The molecule has 0 unspecified atom stereocenters. The lowest BCUT2D eigenvalue weighted by atomic mass is 9.87. The number of carbonyl (C=O) groups excluding carboxylic acids is 2. The van der Waals surface area contributed by atoms with E-state index in [9.17, 15) is 9.59 Å². The Hall–Kier alpha value is -2.83. The van der Waals surface area contributed by atoms with Crippen molar-refractivity contribution in [2.75, 3.05) is 17.2 Å². The van der Waals surface area contributed by atoms with E-state index in [0.717, 1.165) is 0 Å². The third-order valence-electron chi connectivity index (χ3n) is 3.94. The third-order valence-corrected chi connectivity index (χ3v) is 3.94. The zero-order chi connectivity index (χ0) is 19.5. The number of nitrogens with one attached hydrogen (secondary N) is 2. The highest BCUT2D eigenvalue weighted by Gasteiger charge is 2.23. The zero-order valence-corrected chi connectivity index (χ0v) is 16.1. The van der Waals surface area contributed by atoms with Crippen LogP contribution in [-0.2, 0) is 17.2 Å². The van der Waals surface area contributed by atoms with Crippen LogP contribution in [0.25, 0.3) is 0 Å². The number of benzene rings is 1. The summed E-state index contributed by atoms with van der Waals surface area (Å²) >= 11 is 0. The van der Waals surface area contributed by atoms with Gasteiger partial charge < -0.3 is 10.1 Å². The van der Waals surface area contributed by atoms with Gasteiger partial charge in [-0.2, -0.15) is 5.10 Å². The number of nitrogens with zero attached hydrogens (tertiary/aromatic N) is 2. The quantitative estimate of drug-likeness (QED) is 0.813. The molecule has 2 rings (SSSR count). The van der Waals surface area contributed by atoms with E-state index in [1.807, 2.05) is 24.3 Å². The zero-order valence-electron chi connectivity index (χ0n) is 16.1. The van der Waals surface area contributed by atoms with E-state index in [4.69, 9.17) is 4.74 Å². The molecule has 1 heterocycles. The molecule has 0 aliphatic carbocycles. The van der Waals surface area contributed by atoms with E-state index in [1.54, 1.807) is 20.9 Å². The summed E-state index contributed by atoms with van der Waals surface area (Å²) in [6.45, 7) is 10.1. The Balaban J connectivity index is 2.14. The summed E-state index contributed by atoms with van der Waals surface area (Å²) in [6.07, 6.45) is 0. The first-order valence-electron chi connectivity index (χ1n) is 8.52. The Morgan fingerprint density at radius 2 is 1.77 bits per heavy atom. The summed E-state index contributed by atoms with van der Waals surface area (Å²) in [4.78, 5) is 24.5. The van der Waals surface area contributed by atoms with Crippen molar-refractivity contribution < 1.29 is 14.3 Å². The molecule has 0 aliphatic heterocycles. The molecule has 0 spiro atoms. The molecule has 0 atom stereocenters. The molecule has 0 bridgehead atoms. The highest BCUT2D eigenvalue weighted by molar-refractivity contribution is 6.04. The van der Waals surface area contributed by atoms with Crippen LogP contribution in [0, 0.1) is 6.92 Å². The van der Waals surface area contributed by atoms with Crippen LogP contribution >= 0.6 is 0 Å². The average Bonchev–Trinajstić information content (AvgIpc) is 2.81. The Morgan fingerprint density at radius 3 is 2.31 bits per heavy atom. The number of anilines is 2. The maximum Gasteiger partial charge on any atom is 0.343 e. The van der Waals surface area contributed by atoms with E-state index in [2.05, 4.69) is 36.5 Å². The number of aromatic nitrogens is 2. The molecular weight excluding hydrogens is 332 g/mol. The van der Waals surface area contributed by atoms with Crippen LogP contribution in [0.15, 0.2) is 24.3 Å². The SMILES string of the molecule is CCOC(=O)c1c(C)nn(C)c1NC(=O)Nc1ccc(C(C)(C)C)cc1. The second-order valence-corrected chi connectivity index (χ2v) is 7.06. The molecule has 0 saturated carbocycles. The molecule has 7 nitrogen and oxygen atoms in total. The van der Waals surface area contributed by atoms with Gasteiger partial charge in [0.05, 0.1) is 12.3 Å². The Kier molecular flexibility index (Phi) is 5.69. The third kappa shape index (κ3) is 4.41. The number of aryl methyl sites for hydroxylation is 2. The van der Waals surface area contributed by atoms with Gasteiger partial charge in [-0.1, -0.05) is 32.9 Å². The monoisotopic (exact) mass is 358 g/mol. The number of ether oxygens (including phenoxy) is 1. The van der Waals surface area contributed by atoms with Crippen LogP contribution in [-0.4, -0.2) is 28.4 Å². The summed E-state index contributed by atoms with van der Waals surface area (Å²) in [5, 5.41) is 9.63. The first-order chi connectivity index (χ1) is 12.1. The lowest BCUT2D eigenvalue weighted by molar-refractivity contribution is 0.0526. The molecule has 0 fully saturated rings. The molecule has 2 amide bonds. The smallest absolute Gasteiger partial charge is 0.343 e. The standard InChI is InChI=1S/C19H26N4O3/c1-7-26-17(24)15-12(2)22-23(6)16(15)21-18(25)20-14-10-8-13(9-11-14)19(3,4)5/h8-11H,7H2,1-6H3,(H2,20,21,25). The summed E-state index contributed by atoms with van der Waals surface area (Å²) in [5.74, 6) is -0.215. The first kappa shape index (κ1) is 19.5. The number of hydrogen-bond acceptors (Lipinski definition) is 4. The Labute approximate surface area is 153 Å². The lowest BCUT2D eigenvalue weighted by Crippen LogP contribution is -2.23. The van der Waals surface area contributed by atoms with E-state index < -0.39 is 12.0 Å². The molecule has 0 radical (unpaired) electrons. The summed E-state index contributed by atoms with van der Waals surface area (Å²) in [5.41, 5.74) is 2.63. The van der Waals surface area contributed by atoms with Gasteiger partial charge in [-0.3, -0.25) is 10.00 Å². The van der Waals surface area contributed by atoms with Crippen molar-refractivity contribution in [1.29, 1.82) is 0 Å². The van der Waals surface area contributed by atoms with Crippen LogP contribution in [0.2, 0.25) is 0 Å². The molecule has 2 N–H and O–H groups in total. The van der Waals surface area contributed by atoms with E-state index in [-0.39, 0.29) is 17.6 Å². The van der Waals surface area contributed by atoms with Crippen LogP contribution < -0.4 is 10.6 Å². The molecule has 0 saturated heterocycles. The van der Waals surface area contributed by atoms with Gasteiger partial charge >= 0.3 is 12.0 Å². The fraction of sp³-hybridized carbons (Fsp3) is 0.421. The van der Waals surface area contributed by atoms with Gasteiger partial charge in [0, 0.05) is 12.7 Å². The van der Waals surface area contributed by atoms with Crippen LogP contribution in [0.5, 0.6) is 0 Å². The Morgan fingerprint density at radius 1 is 1.15 bits per heavy atom. The van der Waals surface area contributed by atoms with Crippen molar-refractivity contribution in [2.45, 2.75) is 40.0 Å². The predicted octanol–water partition coefficient (Wildman–Crippen LogP) is 3.85. The number of urea groups is 1. The van der Waals surface area contributed by atoms with Crippen molar-refractivity contribution in [2.24, 2.45) is 7.05 Å². The van der Waals surface area contributed by atoms with Crippen molar-refractivity contribution in [3.63, 3.8) is 0 Å². The second kappa shape index (κ2) is 7.59. The minimum Gasteiger partial charge on any atom is -0.462 e. The largest absolute Gasteiger partial charge is 0.462 e. The van der Waals surface area contributed by atoms with Crippen LogP contribution in [0.1, 0.15) is 49.3 Å². The highest BCUT2D eigenvalue weighted by atomic mass is 16.5. The fourth-order valence-corrected chi connectivity index (χ4v) is 2.57. The maximum absolute atomic E-state index is 12.3. The molecule has 0 aliphatic rings.